The molecule has 4 nitrogen and oxygen atoms in total. The molecular formula is C16H20BClO4S. The fraction of sp³-hybridized carbons (Fsp3) is 0.438. The van der Waals surface area contributed by atoms with E-state index in [1.165, 1.54) is 6.07 Å². The van der Waals surface area contributed by atoms with Gasteiger partial charge in [0.2, 0.25) is 0 Å². The van der Waals surface area contributed by atoms with Gasteiger partial charge in [-0.05, 0) is 56.9 Å². The highest BCUT2D eigenvalue weighted by Crippen LogP contribution is 2.39. The molecule has 1 heterocycles. The van der Waals surface area contributed by atoms with Gasteiger partial charge in [0, 0.05) is 10.8 Å². The molecule has 0 radical (unpaired) electrons. The fourth-order valence-corrected chi connectivity index (χ4v) is 2.70. The number of halogens is 1. The maximum Gasteiger partial charge on any atom is 0.491 e. The Bertz CT molecular complexity index is 641. The van der Waals surface area contributed by atoms with Crippen molar-refractivity contribution in [2.45, 2.75) is 38.9 Å². The van der Waals surface area contributed by atoms with Crippen molar-refractivity contribution >= 4 is 43.4 Å². The summed E-state index contributed by atoms with van der Waals surface area (Å²) >= 11 is 10.3. The topological polar surface area (TPSA) is 55.8 Å². The molecule has 0 bridgehead atoms. The molecule has 0 aliphatic carbocycles. The van der Waals surface area contributed by atoms with Gasteiger partial charge in [-0.1, -0.05) is 17.7 Å². The lowest BCUT2D eigenvalue weighted by Gasteiger charge is -2.32. The molecule has 2 rings (SSSR count). The predicted molar refractivity (Wildman–Crippen MR) is 96.3 cm³/mol. The molecule has 0 spiro atoms. The van der Waals surface area contributed by atoms with Gasteiger partial charge in [-0.25, -0.2) is 4.79 Å². The standard InChI is InChI=1S/C16H20BClO4S/c1-15(2)16(3,4)22-17(21-15)12(9-23)6-10-5-11(14(19)20)8-13(18)7-10/h5-8,23H,9H2,1-4H3,(H,19,20). The lowest BCUT2D eigenvalue weighted by Crippen LogP contribution is -2.41. The smallest absolute Gasteiger partial charge is 0.478 e. The Hall–Kier alpha value is -0.945. The van der Waals surface area contributed by atoms with Crippen molar-refractivity contribution in [1.29, 1.82) is 0 Å². The third kappa shape index (κ3) is 3.94. The van der Waals surface area contributed by atoms with Crippen molar-refractivity contribution in [1.82, 2.24) is 0 Å². The summed E-state index contributed by atoms with van der Waals surface area (Å²) in [6, 6.07) is 4.67. The maximum atomic E-state index is 11.1. The first kappa shape index (κ1) is 18.4. The number of carboxylic acids is 1. The highest BCUT2D eigenvalue weighted by atomic mass is 35.5. The van der Waals surface area contributed by atoms with E-state index in [0.29, 0.717) is 16.3 Å². The minimum Gasteiger partial charge on any atom is -0.478 e. The molecule has 1 saturated heterocycles. The van der Waals surface area contributed by atoms with Gasteiger partial charge < -0.3 is 14.4 Å². The quantitative estimate of drug-likeness (QED) is 0.634. The highest BCUT2D eigenvalue weighted by Gasteiger charge is 2.52. The molecule has 0 unspecified atom stereocenters. The lowest BCUT2D eigenvalue weighted by molar-refractivity contribution is 0.00578. The van der Waals surface area contributed by atoms with E-state index in [1.807, 2.05) is 33.8 Å². The Morgan fingerprint density at radius 2 is 1.83 bits per heavy atom. The predicted octanol–water partition coefficient (Wildman–Crippen LogP) is 3.98. The number of carbonyl (C=O) groups is 1. The van der Waals surface area contributed by atoms with Crippen LogP contribution in [0.15, 0.2) is 23.7 Å². The Morgan fingerprint density at radius 3 is 2.30 bits per heavy atom. The Kier molecular flexibility index (Phi) is 5.21. The van der Waals surface area contributed by atoms with Crippen LogP contribution in [0.2, 0.25) is 5.02 Å². The Labute approximate surface area is 147 Å². The molecule has 0 aromatic heterocycles. The van der Waals surface area contributed by atoms with Crippen molar-refractivity contribution in [3.05, 3.63) is 39.8 Å². The average molecular weight is 355 g/mol. The fourth-order valence-electron chi connectivity index (χ4n) is 2.22. The highest BCUT2D eigenvalue weighted by molar-refractivity contribution is 7.80. The first-order valence-corrected chi connectivity index (χ1v) is 8.27. The molecule has 0 amide bonds. The second kappa shape index (κ2) is 6.51. The van der Waals surface area contributed by atoms with E-state index >= 15 is 0 Å². The van der Waals surface area contributed by atoms with E-state index in [2.05, 4.69) is 12.6 Å². The Balaban J connectivity index is 2.35. The van der Waals surface area contributed by atoms with Gasteiger partial charge in [-0.2, -0.15) is 12.6 Å². The molecule has 23 heavy (non-hydrogen) atoms. The van der Waals surface area contributed by atoms with Crippen LogP contribution in [0.1, 0.15) is 43.6 Å². The van der Waals surface area contributed by atoms with Crippen LogP contribution >= 0.6 is 24.2 Å². The number of thiol groups is 1. The van der Waals surface area contributed by atoms with Crippen LogP contribution in [0, 0.1) is 0 Å². The molecule has 0 saturated carbocycles. The summed E-state index contributed by atoms with van der Waals surface area (Å²) in [5.74, 6) is -0.601. The molecule has 1 aliphatic heterocycles. The van der Waals surface area contributed by atoms with E-state index in [0.717, 1.165) is 5.47 Å². The number of carboxylic acid groups (broad SMARTS) is 1. The zero-order valence-corrected chi connectivity index (χ0v) is 15.2. The van der Waals surface area contributed by atoms with E-state index in [1.54, 1.807) is 12.1 Å². The third-order valence-electron chi connectivity index (χ3n) is 4.26. The summed E-state index contributed by atoms with van der Waals surface area (Å²) in [6.45, 7) is 7.91. The number of aromatic carboxylic acids is 1. The monoisotopic (exact) mass is 354 g/mol. The SMILES string of the molecule is CC1(C)OB(C(=Cc2cc(Cl)cc(C(=O)O)c2)CS)OC1(C)C. The van der Waals surface area contributed by atoms with Gasteiger partial charge in [-0.3, -0.25) is 0 Å². The molecule has 7 heteroatoms. The van der Waals surface area contributed by atoms with Crippen molar-refractivity contribution in [3.63, 3.8) is 0 Å². The summed E-state index contributed by atoms with van der Waals surface area (Å²) in [4.78, 5) is 11.1. The van der Waals surface area contributed by atoms with E-state index in [9.17, 15) is 4.79 Å². The second-order valence-electron chi connectivity index (χ2n) is 6.54. The van der Waals surface area contributed by atoms with Crippen LogP contribution in [0.3, 0.4) is 0 Å². The summed E-state index contributed by atoms with van der Waals surface area (Å²) in [6.07, 6.45) is 1.81. The van der Waals surface area contributed by atoms with Gasteiger partial charge in [0.15, 0.2) is 0 Å². The van der Waals surface area contributed by atoms with Crippen molar-refractivity contribution in [3.8, 4) is 0 Å². The number of benzene rings is 1. The van der Waals surface area contributed by atoms with Gasteiger partial charge >= 0.3 is 13.1 Å². The van der Waals surface area contributed by atoms with Crippen LogP contribution in [-0.2, 0) is 9.31 Å². The van der Waals surface area contributed by atoms with Gasteiger partial charge in [0.25, 0.3) is 0 Å². The zero-order valence-electron chi connectivity index (χ0n) is 13.6. The first-order valence-electron chi connectivity index (χ1n) is 7.26. The minimum atomic E-state index is -1.02. The molecule has 1 N–H and O–H groups in total. The molecule has 1 fully saturated rings. The van der Waals surface area contributed by atoms with Crippen molar-refractivity contribution in [2.75, 3.05) is 5.75 Å². The van der Waals surface area contributed by atoms with Gasteiger partial charge in [0.05, 0.1) is 16.8 Å². The number of hydrogen-bond acceptors (Lipinski definition) is 4. The van der Waals surface area contributed by atoms with Crippen LogP contribution < -0.4 is 0 Å². The Morgan fingerprint density at radius 1 is 1.26 bits per heavy atom. The van der Waals surface area contributed by atoms with Crippen LogP contribution in [0.4, 0.5) is 0 Å². The first-order chi connectivity index (χ1) is 10.6. The third-order valence-corrected chi connectivity index (χ3v) is 4.84. The number of hydrogen-bond donors (Lipinski definition) is 2. The molecule has 1 aliphatic rings. The van der Waals surface area contributed by atoms with E-state index < -0.39 is 24.3 Å². The second-order valence-corrected chi connectivity index (χ2v) is 7.30. The van der Waals surface area contributed by atoms with Crippen molar-refractivity contribution in [2.24, 2.45) is 0 Å². The van der Waals surface area contributed by atoms with E-state index in [-0.39, 0.29) is 5.56 Å². The average Bonchev–Trinajstić information content (AvgIpc) is 2.64. The van der Waals surface area contributed by atoms with Crippen LogP contribution in [-0.4, -0.2) is 35.1 Å². The molecule has 124 valence electrons. The normalized spacial score (nSPS) is 19.9. The summed E-state index contributed by atoms with van der Waals surface area (Å²) < 4.78 is 12.0. The molecular weight excluding hydrogens is 335 g/mol. The van der Waals surface area contributed by atoms with Crippen LogP contribution in [0.25, 0.3) is 6.08 Å². The zero-order chi connectivity index (χ0) is 17.4. The van der Waals surface area contributed by atoms with E-state index in [4.69, 9.17) is 26.0 Å². The minimum absolute atomic E-state index is 0.135. The summed E-state index contributed by atoms with van der Waals surface area (Å²) in [5.41, 5.74) is 0.732. The van der Waals surface area contributed by atoms with Gasteiger partial charge in [0.1, 0.15) is 0 Å². The van der Waals surface area contributed by atoms with Crippen molar-refractivity contribution < 1.29 is 19.2 Å². The number of rotatable bonds is 4. The summed E-state index contributed by atoms with van der Waals surface area (Å²) in [7, 11) is -0.523. The lowest BCUT2D eigenvalue weighted by atomic mass is 9.78. The molecule has 1 aromatic rings. The largest absolute Gasteiger partial charge is 0.491 e. The maximum absolute atomic E-state index is 11.1. The van der Waals surface area contributed by atoms with Gasteiger partial charge in [-0.15, -0.1) is 0 Å². The summed E-state index contributed by atoms with van der Waals surface area (Å²) in [5, 5.41) is 9.49. The molecule has 0 atom stereocenters. The molecule has 1 aromatic carbocycles. The van der Waals surface area contributed by atoms with Crippen LogP contribution in [0.5, 0.6) is 0 Å².